The van der Waals surface area contributed by atoms with Crippen LogP contribution in [-0.4, -0.2) is 49.3 Å². The molecule has 0 aromatic carbocycles. The van der Waals surface area contributed by atoms with Crippen LogP contribution in [0.1, 0.15) is 40.0 Å². The van der Waals surface area contributed by atoms with E-state index < -0.39 is 5.60 Å². The van der Waals surface area contributed by atoms with Crippen molar-refractivity contribution in [2.75, 3.05) is 26.7 Å². The molecule has 5 heteroatoms. The molecule has 1 amide bonds. The van der Waals surface area contributed by atoms with Crippen molar-refractivity contribution < 1.29 is 9.53 Å². The summed E-state index contributed by atoms with van der Waals surface area (Å²) in [4.78, 5) is 13.9. The molecule has 1 atom stereocenters. The average molecular weight is 271 g/mol. The highest BCUT2D eigenvalue weighted by Gasteiger charge is 2.20. The van der Waals surface area contributed by atoms with Crippen LogP contribution in [0, 0.1) is 5.92 Å². The standard InChI is InChI=1S/C14H29N3O2/c1-14(2,3)19-13(18)16-10-12(15)9-11-5-7-17(4)8-6-11/h11-12H,5-10,15H2,1-4H3,(H,16,18). The highest BCUT2D eigenvalue weighted by molar-refractivity contribution is 5.67. The zero-order chi connectivity index (χ0) is 14.5. The van der Waals surface area contributed by atoms with Gasteiger partial charge in [-0.05, 0) is 66.1 Å². The van der Waals surface area contributed by atoms with Gasteiger partial charge in [0.2, 0.25) is 0 Å². The minimum Gasteiger partial charge on any atom is -0.444 e. The summed E-state index contributed by atoms with van der Waals surface area (Å²) in [6, 6.07) is 0.0147. The van der Waals surface area contributed by atoms with Gasteiger partial charge in [0, 0.05) is 12.6 Å². The van der Waals surface area contributed by atoms with E-state index in [9.17, 15) is 4.79 Å². The molecule has 0 bridgehead atoms. The molecule has 1 rings (SSSR count). The molecule has 1 aliphatic rings. The first kappa shape index (κ1) is 16.2. The van der Waals surface area contributed by atoms with E-state index in [1.54, 1.807) is 0 Å². The Balaban J connectivity index is 2.17. The average Bonchev–Trinajstić information content (AvgIpc) is 2.27. The summed E-state index contributed by atoms with van der Waals surface area (Å²) in [5.41, 5.74) is 5.61. The lowest BCUT2D eigenvalue weighted by molar-refractivity contribution is 0.0522. The number of nitrogens with zero attached hydrogens (tertiary/aromatic N) is 1. The Morgan fingerprint density at radius 3 is 2.53 bits per heavy atom. The third-order valence-corrected chi connectivity index (χ3v) is 3.38. The fourth-order valence-corrected chi connectivity index (χ4v) is 2.34. The molecule has 1 heterocycles. The number of nitrogens with one attached hydrogen (secondary N) is 1. The fraction of sp³-hybridized carbons (Fsp3) is 0.929. The summed E-state index contributed by atoms with van der Waals surface area (Å²) in [6.07, 6.45) is 3.00. The Bertz CT molecular complexity index is 281. The SMILES string of the molecule is CN1CCC(CC(N)CNC(=O)OC(C)(C)C)CC1. The van der Waals surface area contributed by atoms with Crippen molar-refractivity contribution in [3.63, 3.8) is 0 Å². The van der Waals surface area contributed by atoms with Crippen molar-refractivity contribution in [2.45, 2.75) is 51.7 Å². The van der Waals surface area contributed by atoms with Crippen molar-refractivity contribution in [3.8, 4) is 0 Å². The number of amides is 1. The molecule has 112 valence electrons. The summed E-state index contributed by atoms with van der Waals surface area (Å²) < 4.78 is 5.18. The van der Waals surface area contributed by atoms with E-state index in [0.717, 1.165) is 19.5 Å². The molecule has 1 unspecified atom stereocenters. The van der Waals surface area contributed by atoms with Crippen LogP contribution in [-0.2, 0) is 4.74 Å². The van der Waals surface area contributed by atoms with Crippen LogP contribution in [0.15, 0.2) is 0 Å². The van der Waals surface area contributed by atoms with Crippen LogP contribution in [0.2, 0.25) is 0 Å². The first-order valence-electron chi connectivity index (χ1n) is 7.17. The number of carbonyl (C=O) groups excluding carboxylic acids is 1. The Labute approximate surface area is 116 Å². The van der Waals surface area contributed by atoms with Crippen LogP contribution < -0.4 is 11.1 Å². The number of hydrogen-bond acceptors (Lipinski definition) is 4. The molecule has 1 saturated heterocycles. The van der Waals surface area contributed by atoms with Crippen LogP contribution in [0.3, 0.4) is 0 Å². The van der Waals surface area contributed by atoms with Gasteiger partial charge in [0.05, 0.1) is 0 Å². The van der Waals surface area contributed by atoms with Crippen LogP contribution >= 0.6 is 0 Å². The van der Waals surface area contributed by atoms with E-state index in [-0.39, 0.29) is 12.1 Å². The normalized spacial score (nSPS) is 20.1. The summed E-state index contributed by atoms with van der Waals surface area (Å²) in [7, 11) is 2.15. The second-order valence-corrected chi connectivity index (χ2v) is 6.63. The molecule has 3 N–H and O–H groups in total. The first-order chi connectivity index (χ1) is 8.76. The van der Waals surface area contributed by atoms with Gasteiger partial charge in [-0.1, -0.05) is 0 Å². The minimum atomic E-state index is -0.456. The third kappa shape index (κ3) is 7.38. The lowest BCUT2D eigenvalue weighted by Crippen LogP contribution is -2.42. The maximum atomic E-state index is 11.5. The lowest BCUT2D eigenvalue weighted by Gasteiger charge is -2.30. The van der Waals surface area contributed by atoms with E-state index >= 15 is 0 Å². The van der Waals surface area contributed by atoms with Crippen molar-refractivity contribution in [1.29, 1.82) is 0 Å². The lowest BCUT2D eigenvalue weighted by atomic mass is 9.90. The molecule has 0 aliphatic carbocycles. The predicted molar refractivity (Wildman–Crippen MR) is 77.1 cm³/mol. The van der Waals surface area contributed by atoms with Crippen molar-refractivity contribution in [2.24, 2.45) is 11.7 Å². The van der Waals surface area contributed by atoms with Gasteiger partial charge in [-0.25, -0.2) is 4.79 Å². The Morgan fingerprint density at radius 1 is 1.42 bits per heavy atom. The highest BCUT2D eigenvalue weighted by atomic mass is 16.6. The maximum Gasteiger partial charge on any atom is 0.407 e. The van der Waals surface area contributed by atoms with Gasteiger partial charge in [-0.3, -0.25) is 0 Å². The first-order valence-corrected chi connectivity index (χ1v) is 7.17. The molecular formula is C14H29N3O2. The number of piperidine rings is 1. The number of carbonyl (C=O) groups is 1. The quantitative estimate of drug-likeness (QED) is 0.814. The monoisotopic (exact) mass is 271 g/mol. The molecule has 0 radical (unpaired) electrons. The molecule has 0 aromatic rings. The summed E-state index contributed by atoms with van der Waals surface area (Å²) in [5.74, 6) is 0.687. The number of ether oxygens (including phenoxy) is 1. The summed E-state index contributed by atoms with van der Waals surface area (Å²) in [5, 5.41) is 2.74. The largest absolute Gasteiger partial charge is 0.444 e. The van der Waals surface area contributed by atoms with Gasteiger partial charge in [-0.15, -0.1) is 0 Å². The van der Waals surface area contributed by atoms with Crippen molar-refractivity contribution >= 4 is 6.09 Å². The van der Waals surface area contributed by atoms with Crippen molar-refractivity contribution in [1.82, 2.24) is 10.2 Å². The number of hydrogen-bond donors (Lipinski definition) is 2. The van der Waals surface area contributed by atoms with Gasteiger partial charge in [0.15, 0.2) is 0 Å². The van der Waals surface area contributed by atoms with Crippen LogP contribution in [0.25, 0.3) is 0 Å². The molecule has 5 nitrogen and oxygen atoms in total. The van der Waals surface area contributed by atoms with E-state index in [1.807, 2.05) is 20.8 Å². The summed E-state index contributed by atoms with van der Waals surface area (Å²) >= 11 is 0. The van der Waals surface area contributed by atoms with Gasteiger partial charge in [-0.2, -0.15) is 0 Å². The predicted octanol–water partition coefficient (Wildman–Crippen LogP) is 1.57. The van der Waals surface area contributed by atoms with Crippen molar-refractivity contribution in [3.05, 3.63) is 0 Å². The van der Waals surface area contributed by atoms with Crippen LogP contribution in [0.4, 0.5) is 4.79 Å². The second kappa shape index (κ2) is 7.10. The zero-order valence-corrected chi connectivity index (χ0v) is 12.7. The molecule has 1 aliphatic heterocycles. The summed E-state index contributed by atoms with van der Waals surface area (Å²) in [6.45, 7) is 8.34. The Hall–Kier alpha value is -0.810. The molecule has 1 fully saturated rings. The van der Waals surface area contributed by atoms with E-state index in [4.69, 9.17) is 10.5 Å². The number of alkyl carbamates (subject to hydrolysis) is 1. The van der Waals surface area contributed by atoms with Gasteiger partial charge >= 0.3 is 6.09 Å². The van der Waals surface area contributed by atoms with E-state index in [1.165, 1.54) is 12.8 Å². The van der Waals surface area contributed by atoms with Gasteiger partial charge in [0.25, 0.3) is 0 Å². The Kier molecular flexibility index (Phi) is 6.07. The highest BCUT2D eigenvalue weighted by Crippen LogP contribution is 2.20. The maximum absolute atomic E-state index is 11.5. The zero-order valence-electron chi connectivity index (χ0n) is 12.7. The second-order valence-electron chi connectivity index (χ2n) is 6.63. The third-order valence-electron chi connectivity index (χ3n) is 3.38. The number of nitrogens with two attached hydrogens (primary N) is 1. The Morgan fingerprint density at radius 2 is 2.00 bits per heavy atom. The number of likely N-dealkylation sites (tertiary alicyclic amines) is 1. The molecule has 0 aromatic heterocycles. The molecule has 0 saturated carbocycles. The minimum absolute atomic E-state index is 0.0147. The fourth-order valence-electron chi connectivity index (χ4n) is 2.34. The van der Waals surface area contributed by atoms with Gasteiger partial charge in [0.1, 0.15) is 5.60 Å². The van der Waals surface area contributed by atoms with E-state index in [2.05, 4.69) is 17.3 Å². The molecule has 0 spiro atoms. The number of rotatable bonds is 4. The molecular weight excluding hydrogens is 242 g/mol. The van der Waals surface area contributed by atoms with Crippen LogP contribution in [0.5, 0.6) is 0 Å². The molecule has 19 heavy (non-hydrogen) atoms. The van der Waals surface area contributed by atoms with Gasteiger partial charge < -0.3 is 20.7 Å². The smallest absolute Gasteiger partial charge is 0.407 e. The van der Waals surface area contributed by atoms with E-state index in [0.29, 0.717) is 12.5 Å². The topological polar surface area (TPSA) is 67.6 Å².